The summed E-state index contributed by atoms with van der Waals surface area (Å²) in [6.45, 7) is 0. The van der Waals surface area contributed by atoms with Crippen LogP contribution in [0.4, 0.5) is 0 Å². The molecular formula is C33H20N6O. The summed E-state index contributed by atoms with van der Waals surface area (Å²) < 4.78 is 3.97. The van der Waals surface area contributed by atoms with E-state index in [0.29, 0.717) is 28.6 Å². The van der Waals surface area contributed by atoms with Crippen LogP contribution in [0.1, 0.15) is 0 Å². The quantitative estimate of drug-likeness (QED) is 0.252. The van der Waals surface area contributed by atoms with Gasteiger partial charge in [0.25, 0.3) is 5.56 Å². The van der Waals surface area contributed by atoms with Gasteiger partial charge in [0.05, 0.1) is 21.9 Å². The van der Waals surface area contributed by atoms with Crippen LogP contribution in [0, 0.1) is 0 Å². The molecule has 0 spiro atoms. The highest BCUT2D eigenvalue weighted by atomic mass is 16.1. The first kappa shape index (κ1) is 22.3. The van der Waals surface area contributed by atoms with Crippen LogP contribution in [0.15, 0.2) is 126 Å². The number of para-hydroxylation sites is 1. The predicted octanol–water partition coefficient (Wildman–Crippen LogP) is 6.46. The van der Waals surface area contributed by atoms with E-state index in [1.807, 2.05) is 130 Å². The molecule has 0 bridgehead atoms. The largest absolute Gasteiger partial charge is 0.301 e. The van der Waals surface area contributed by atoms with Gasteiger partial charge in [0, 0.05) is 28.1 Å². The second kappa shape index (κ2) is 8.68. The van der Waals surface area contributed by atoms with Gasteiger partial charge in [-0.25, -0.2) is 4.98 Å². The van der Waals surface area contributed by atoms with Gasteiger partial charge in [-0.15, -0.1) is 0 Å². The average molecular weight is 517 g/mol. The molecule has 7 heteroatoms. The van der Waals surface area contributed by atoms with Crippen LogP contribution in [0.2, 0.25) is 0 Å². The highest BCUT2D eigenvalue weighted by Crippen LogP contribution is 2.35. The molecule has 8 aromatic rings. The van der Waals surface area contributed by atoms with Crippen LogP contribution in [-0.2, 0) is 0 Å². The average Bonchev–Trinajstić information content (AvgIpc) is 3.36. The molecule has 0 aliphatic carbocycles. The number of benzene rings is 4. The third kappa shape index (κ3) is 3.34. The fourth-order valence-corrected chi connectivity index (χ4v) is 5.47. The van der Waals surface area contributed by atoms with Gasteiger partial charge in [0.2, 0.25) is 5.95 Å². The summed E-state index contributed by atoms with van der Waals surface area (Å²) in [5.41, 5.74) is 4.66. The third-order valence-corrected chi connectivity index (χ3v) is 7.23. The molecule has 0 atom stereocenters. The molecule has 0 aliphatic rings. The molecule has 8 rings (SSSR count). The van der Waals surface area contributed by atoms with Gasteiger partial charge >= 0.3 is 0 Å². The summed E-state index contributed by atoms with van der Waals surface area (Å²) in [7, 11) is 0. The lowest BCUT2D eigenvalue weighted by Gasteiger charge is -2.11. The van der Waals surface area contributed by atoms with Crippen molar-refractivity contribution in [2.24, 2.45) is 0 Å². The monoisotopic (exact) mass is 516 g/mol. The standard InChI is InChI=1S/C33H20N6O/c40-32-29-25(38-20-10-9-17-27(38)34-32)18-19-26-28(29)23-15-7-8-16-24(23)39(26)33-36-30(21-11-3-1-4-12-21)35-31(37-33)22-13-5-2-6-14-22/h1-20H. The first-order valence-corrected chi connectivity index (χ1v) is 13.0. The van der Waals surface area contributed by atoms with Gasteiger partial charge in [0.15, 0.2) is 11.6 Å². The van der Waals surface area contributed by atoms with E-state index >= 15 is 0 Å². The Hall–Kier alpha value is -5.69. The van der Waals surface area contributed by atoms with Crippen molar-refractivity contribution in [2.45, 2.75) is 0 Å². The Balaban J connectivity index is 1.51. The fraction of sp³-hybridized carbons (Fsp3) is 0. The Kier molecular flexibility index (Phi) is 4.84. The van der Waals surface area contributed by atoms with E-state index in [-0.39, 0.29) is 5.56 Å². The van der Waals surface area contributed by atoms with Gasteiger partial charge in [-0.3, -0.25) is 9.36 Å². The van der Waals surface area contributed by atoms with Gasteiger partial charge in [0.1, 0.15) is 5.65 Å². The highest BCUT2D eigenvalue weighted by molar-refractivity contribution is 6.20. The minimum absolute atomic E-state index is 0.264. The van der Waals surface area contributed by atoms with Crippen LogP contribution in [0.3, 0.4) is 0 Å². The van der Waals surface area contributed by atoms with E-state index < -0.39 is 0 Å². The van der Waals surface area contributed by atoms with Crippen LogP contribution in [0.5, 0.6) is 0 Å². The van der Waals surface area contributed by atoms with Crippen molar-refractivity contribution in [3.8, 4) is 28.7 Å². The predicted molar refractivity (Wildman–Crippen MR) is 158 cm³/mol. The van der Waals surface area contributed by atoms with E-state index in [9.17, 15) is 4.79 Å². The lowest BCUT2D eigenvalue weighted by atomic mass is 10.1. The maximum absolute atomic E-state index is 13.5. The summed E-state index contributed by atoms with van der Waals surface area (Å²) in [5, 5.41) is 2.32. The van der Waals surface area contributed by atoms with Crippen molar-refractivity contribution in [2.75, 3.05) is 0 Å². The third-order valence-electron chi connectivity index (χ3n) is 7.23. The molecule has 0 fully saturated rings. The smallest absolute Gasteiger partial charge is 0.281 e. The summed E-state index contributed by atoms with van der Waals surface area (Å²) in [6.07, 6.45) is 1.93. The van der Waals surface area contributed by atoms with Gasteiger partial charge in [-0.05, 0) is 30.3 Å². The molecule has 4 heterocycles. The maximum atomic E-state index is 13.5. The zero-order valence-corrected chi connectivity index (χ0v) is 21.1. The van der Waals surface area contributed by atoms with Gasteiger partial charge in [-0.2, -0.15) is 15.0 Å². The Morgan fingerprint density at radius 2 is 1.12 bits per heavy atom. The van der Waals surface area contributed by atoms with Crippen LogP contribution in [-0.4, -0.2) is 28.9 Å². The molecule has 188 valence electrons. The number of hydrogen-bond acceptors (Lipinski definition) is 5. The van der Waals surface area contributed by atoms with E-state index in [4.69, 9.17) is 15.0 Å². The SMILES string of the molecule is O=c1nc2ccccn2c2ccc3c(c4ccccc4n3-c3nc(-c4ccccc4)nc(-c4ccccc4)n3)c12. The maximum Gasteiger partial charge on any atom is 0.281 e. The lowest BCUT2D eigenvalue weighted by molar-refractivity contribution is 0.953. The molecule has 0 unspecified atom stereocenters. The fourth-order valence-electron chi connectivity index (χ4n) is 5.47. The van der Waals surface area contributed by atoms with E-state index in [1.54, 1.807) is 0 Å². The summed E-state index contributed by atoms with van der Waals surface area (Å²) >= 11 is 0. The molecule has 4 aromatic heterocycles. The number of aromatic nitrogens is 6. The van der Waals surface area contributed by atoms with Crippen molar-refractivity contribution in [3.05, 3.63) is 132 Å². The van der Waals surface area contributed by atoms with E-state index in [0.717, 1.165) is 38.4 Å². The van der Waals surface area contributed by atoms with Crippen LogP contribution >= 0.6 is 0 Å². The first-order valence-electron chi connectivity index (χ1n) is 13.0. The summed E-state index contributed by atoms with van der Waals surface area (Å²) in [5.74, 6) is 1.62. The summed E-state index contributed by atoms with van der Waals surface area (Å²) in [6, 6.07) is 37.5. The molecule has 0 radical (unpaired) electrons. The summed E-state index contributed by atoms with van der Waals surface area (Å²) in [4.78, 5) is 32.7. The molecule has 4 aromatic carbocycles. The molecule has 0 aliphatic heterocycles. The molecule has 0 saturated heterocycles. The second-order valence-electron chi connectivity index (χ2n) is 9.57. The Morgan fingerprint density at radius 1 is 0.500 bits per heavy atom. The minimum Gasteiger partial charge on any atom is -0.301 e. The zero-order chi connectivity index (χ0) is 26.6. The molecular weight excluding hydrogens is 496 g/mol. The van der Waals surface area contributed by atoms with E-state index in [2.05, 4.69) is 4.98 Å². The molecule has 0 N–H and O–H groups in total. The number of hydrogen-bond donors (Lipinski definition) is 0. The normalized spacial score (nSPS) is 11.6. The van der Waals surface area contributed by atoms with Crippen LogP contribution in [0.25, 0.3) is 67.1 Å². The van der Waals surface area contributed by atoms with Crippen molar-refractivity contribution >= 4 is 38.4 Å². The number of fused-ring (bicyclic) bond motifs is 7. The van der Waals surface area contributed by atoms with Crippen molar-refractivity contribution in [1.29, 1.82) is 0 Å². The second-order valence-corrected chi connectivity index (χ2v) is 9.57. The highest BCUT2D eigenvalue weighted by Gasteiger charge is 2.21. The van der Waals surface area contributed by atoms with Crippen LogP contribution < -0.4 is 5.56 Å². The van der Waals surface area contributed by atoms with Gasteiger partial charge < -0.3 is 4.40 Å². The molecule has 7 nitrogen and oxygen atoms in total. The first-order chi connectivity index (χ1) is 19.8. The lowest BCUT2D eigenvalue weighted by Crippen LogP contribution is -2.11. The minimum atomic E-state index is -0.264. The topological polar surface area (TPSA) is 78.0 Å². The molecule has 40 heavy (non-hydrogen) atoms. The Morgan fingerprint density at radius 3 is 1.85 bits per heavy atom. The Bertz CT molecular complexity index is 2230. The number of pyridine rings is 1. The van der Waals surface area contributed by atoms with Crippen molar-refractivity contribution in [1.82, 2.24) is 28.9 Å². The Labute approximate surface area is 227 Å². The molecule has 0 amide bonds. The van der Waals surface area contributed by atoms with Crippen molar-refractivity contribution < 1.29 is 0 Å². The molecule has 0 saturated carbocycles. The number of rotatable bonds is 3. The number of nitrogens with zero attached hydrogens (tertiary/aromatic N) is 6. The van der Waals surface area contributed by atoms with E-state index in [1.165, 1.54) is 0 Å². The van der Waals surface area contributed by atoms with Gasteiger partial charge in [-0.1, -0.05) is 84.9 Å². The zero-order valence-electron chi connectivity index (χ0n) is 21.1. The van der Waals surface area contributed by atoms with Crippen molar-refractivity contribution in [3.63, 3.8) is 0 Å².